The maximum absolute atomic E-state index is 12.9. The van der Waals surface area contributed by atoms with Gasteiger partial charge < -0.3 is 35.2 Å². The number of nitrogens with one attached hydrogen (secondary N) is 3. The average molecular weight is 633 g/mol. The van der Waals surface area contributed by atoms with Gasteiger partial charge >= 0.3 is 26.8 Å². The van der Waals surface area contributed by atoms with Crippen LogP contribution in [0.4, 0.5) is 0 Å². The minimum absolute atomic E-state index is 0.132. The summed E-state index contributed by atoms with van der Waals surface area (Å²) in [5.74, 6) is -4.25. The molecule has 0 fully saturated rings. The van der Waals surface area contributed by atoms with Crippen molar-refractivity contribution in [3.8, 4) is 11.5 Å². The van der Waals surface area contributed by atoms with E-state index >= 15 is 0 Å². The minimum atomic E-state index is -4.75. The second-order valence-corrected chi connectivity index (χ2v) is 10.7. The Hall–Kier alpha value is -4.30. The van der Waals surface area contributed by atoms with Crippen molar-refractivity contribution >= 4 is 44.5 Å². The van der Waals surface area contributed by atoms with Crippen LogP contribution in [0.1, 0.15) is 18.1 Å². The summed E-state index contributed by atoms with van der Waals surface area (Å²) in [6.07, 6.45) is -0.368. The van der Waals surface area contributed by atoms with Gasteiger partial charge in [-0.2, -0.15) is 16.8 Å². The molecule has 0 saturated carbocycles. The summed E-state index contributed by atoms with van der Waals surface area (Å²) in [7, 11) is -9.50. The van der Waals surface area contributed by atoms with Crippen LogP contribution in [-0.4, -0.2) is 79.4 Å². The number of rotatable bonds is 15. The van der Waals surface area contributed by atoms with E-state index in [1.165, 1.54) is 43.3 Å². The molecule has 0 heterocycles. The summed E-state index contributed by atoms with van der Waals surface area (Å²) in [6, 6.07) is 6.11. The molecule has 0 saturated heterocycles. The number of carbonyl (C=O) groups is 4. The molecule has 2 aromatic carbocycles. The number of amides is 3. The molecule has 42 heavy (non-hydrogen) atoms. The van der Waals surface area contributed by atoms with E-state index in [4.69, 9.17) is 14.8 Å². The van der Waals surface area contributed by atoms with Crippen molar-refractivity contribution < 1.29 is 58.6 Å². The third-order valence-electron chi connectivity index (χ3n) is 5.33. The summed E-state index contributed by atoms with van der Waals surface area (Å²) in [4.78, 5) is 49.3. The van der Waals surface area contributed by atoms with Gasteiger partial charge in [-0.15, -0.1) is 0 Å². The third kappa shape index (κ3) is 12.1. The number of aliphatic carboxylic acids is 1. The van der Waals surface area contributed by atoms with Gasteiger partial charge in [-0.25, -0.2) is 4.79 Å². The Morgan fingerprint density at radius 3 is 1.55 bits per heavy atom. The predicted octanol–water partition coefficient (Wildman–Crippen LogP) is -1.65. The minimum Gasteiger partial charge on any atom is -0.480 e. The molecule has 2 aromatic rings. The highest BCUT2D eigenvalue weighted by molar-refractivity contribution is 7.81. The summed E-state index contributed by atoms with van der Waals surface area (Å²) < 4.78 is 69.3. The van der Waals surface area contributed by atoms with Gasteiger partial charge in [0.25, 0.3) is 0 Å². The van der Waals surface area contributed by atoms with Gasteiger partial charge in [0.2, 0.25) is 17.7 Å². The molecule has 0 spiro atoms. The number of carbonyl (C=O) groups excluding carboxylic acids is 3. The molecule has 0 unspecified atom stereocenters. The van der Waals surface area contributed by atoms with Crippen molar-refractivity contribution in [3.63, 3.8) is 0 Å². The summed E-state index contributed by atoms with van der Waals surface area (Å²) >= 11 is 0. The fraction of sp³-hybridized carbons (Fsp3) is 0.304. The highest BCUT2D eigenvalue weighted by Crippen LogP contribution is 2.16. The van der Waals surface area contributed by atoms with Crippen LogP contribution in [0.15, 0.2) is 48.5 Å². The van der Waals surface area contributed by atoms with Crippen molar-refractivity contribution in [2.45, 2.75) is 37.9 Å². The molecule has 8 N–H and O–H groups in total. The van der Waals surface area contributed by atoms with Crippen LogP contribution in [0.5, 0.6) is 11.5 Å². The number of hydrogen-bond acceptors (Lipinski definition) is 11. The van der Waals surface area contributed by atoms with E-state index in [1.54, 1.807) is 0 Å². The number of hydrogen-bond donors (Lipinski definition) is 7. The lowest BCUT2D eigenvalue weighted by atomic mass is 10.0. The van der Waals surface area contributed by atoms with Crippen LogP contribution in [0.3, 0.4) is 0 Å². The highest BCUT2D eigenvalue weighted by atomic mass is 32.3. The SMILES string of the molecule is C[C@H](NC(=O)[C@H](Cc1ccc(OS(=O)(=O)O)cc1)NC(=O)CN)C(=O)N[C@@H](Cc1ccc(OS(=O)(=O)O)cc1)C(=O)O. The molecule has 17 nitrogen and oxygen atoms in total. The fourth-order valence-electron chi connectivity index (χ4n) is 3.42. The van der Waals surface area contributed by atoms with E-state index in [1.807, 2.05) is 0 Å². The van der Waals surface area contributed by atoms with Crippen LogP contribution in [0.2, 0.25) is 0 Å². The first-order valence-corrected chi connectivity index (χ1v) is 14.5. The average Bonchev–Trinajstić information content (AvgIpc) is 2.88. The Kier molecular flexibility index (Phi) is 11.7. The van der Waals surface area contributed by atoms with E-state index in [-0.39, 0.29) is 24.3 Å². The van der Waals surface area contributed by atoms with E-state index in [2.05, 4.69) is 24.3 Å². The van der Waals surface area contributed by atoms with Crippen LogP contribution >= 0.6 is 0 Å². The standard InChI is InChI=1S/C23H28N4O13S2/c1-13(21(29)27-19(23(31)32)11-15-4-8-17(9-5-15)40-42(36,37)38)25-22(30)18(26-20(28)12-24)10-14-2-6-16(7-3-14)39-41(33,34)35/h2-9,13,18-19H,10-12,24H2,1H3,(H,25,30)(H,26,28)(H,27,29)(H,31,32)(H,33,34,35)(H,36,37,38)/t13-,18-,19-/m0/s1. The molecule has 0 bridgehead atoms. The number of benzene rings is 2. The molecular weight excluding hydrogens is 604 g/mol. The topological polar surface area (TPSA) is 278 Å². The molecule has 3 amide bonds. The first-order valence-electron chi connectivity index (χ1n) is 11.8. The summed E-state index contributed by atoms with van der Waals surface area (Å²) in [6.45, 7) is 0.820. The van der Waals surface area contributed by atoms with Crippen LogP contribution in [-0.2, 0) is 52.8 Å². The van der Waals surface area contributed by atoms with Crippen molar-refractivity contribution in [1.82, 2.24) is 16.0 Å². The van der Waals surface area contributed by atoms with Crippen molar-refractivity contribution in [3.05, 3.63) is 59.7 Å². The Morgan fingerprint density at radius 1 is 0.738 bits per heavy atom. The smallest absolute Gasteiger partial charge is 0.446 e. The maximum Gasteiger partial charge on any atom is 0.446 e. The monoisotopic (exact) mass is 632 g/mol. The van der Waals surface area contributed by atoms with Crippen molar-refractivity contribution in [1.29, 1.82) is 0 Å². The zero-order chi connectivity index (χ0) is 31.7. The fourth-order valence-corrected chi connectivity index (χ4v) is 4.12. The zero-order valence-corrected chi connectivity index (χ0v) is 23.4. The lowest BCUT2D eigenvalue weighted by molar-refractivity contribution is -0.142. The van der Waals surface area contributed by atoms with Crippen molar-refractivity contribution in [2.75, 3.05) is 6.54 Å². The van der Waals surface area contributed by atoms with Crippen LogP contribution < -0.4 is 30.1 Å². The van der Waals surface area contributed by atoms with Gasteiger partial charge in [0.1, 0.15) is 29.6 Å². The highest BCUT2D eigenvalue weighted by Gasteiger charge is 2.27. The van der Waals surface area contributed by atoms with E-state index in [0.29, 0.717) is 11.1 Å². The van der Waals surface area contributed by atoms with Gasteiger partial charge in [-0.1, -0.05) is 24.3 Å². The Labute approximate surface area is 240 Å². The normalized spacial score (nSPS) is 13.6. The summed E-state index contributed by atoms with van der Waals surface area (Å²) in [5, 5.41) is 16.6. The van der Waals surface area contributed by atoms with Gasteiger partial charge in [0.05, 0.1) is 6.54 Å². The van der Waals surface area contributed by atoms with E-state index in [9.17, 15) is 41.1 Å². The number of nitrogens with two attached hydrogens (primary N) is 1. The predicted molar refractivity (Wildman–Crippen MR) is 143 cm³/mol. The maximum atomic E-state index is 12.9. The molecule has 0 aliphatic rings. The molecule has 2 rings (SSSR count). The lowest BCUT2D eigenvalue weighted by Gasteiger charge is -2.22. The molecule has 0 aliphatic heterocycles. The first kappa shape index (κ1) is 33.9. The number of carboxylic acid groups (broad SMARTS) is 1. The number of carboxylic acids is 1. The Bertz CT molecular complexity index is 1500. The Morgan fingerprint density at radius 2 is 1.17 bits per heavy atom. The van der Waals surface area contributed by atoms with Crippen LogP contribution in [0, 0.1) is 0 Å². The summed E-state index contributed by atoms with van der Waals surface area (Å²) in [5.41, 5.74) is 6.10. The quantitative estimate of drug-likeness (QED) is 0.108. The zero-order valence-electron chi connectivity index (χ0n) is 21.8. The van der Waals surface area contributed by atoms with Gasteiger partial charge in [0.15, 0.2) is 0 Å². The first-order chi connectivity index (χ1) is 19.5. The van der Waals surface area contributed by atoms with Crippen LogP contribution in [0.25, 0.3) is 0 Å². The van der Waals surface area contributed by atoms with Gasteiger partial charge in [-0.05, 0) is 42.3 Å². The van der Waals surface area contributed by atoms with E-state index < -0.39 is 69.2 Å². The Balaban J connectivity index is 2.07. The largest absolute Gasteiger partial charge is 0.480 e. The molecule has 0 aliphatic carbocycles. The van der Waals surface area contributed by atoms with Crippen molar-refractivity contribution in [2.24, 2.45) is 5.73 Å². The second-order valence-electron chi connectivity index (χ2n) is 8.67. The van der Waals surface area contributed by atoms with Gasteiger partial charge in [0, 0.05) is 12.8 Å². The third-order valence-corrected chi connectivity index (χ3v) is 6.14. The molecule has 0 aromatic heterocycles. The molecular formula is C23H28N4O13S2. The lowest BCUT2D eigenvalue weighted by Crippen LogP contribution is -2.56. The second kappa shape index (κ2) is 14.5. The molecule has 0 radical (unpaired) electrons. The molecule has 3 atom stereocenters. The molecule has 19 heteroatoms. The molecule has 230 valence electrons. The van der Waals surface area contributed by atoms with Gasteiger partial charge in [-0.3, -0.25) is 23.5 Å². The van der Waals surface area contributed by atoms with E-state index in [0.717, 1.165) is 12.1 Å².